The number of hydrogen-bond acceptors (Lipinski definition) is 4. The van der Waals surface area contributed by atoms with Gasteiger partial charge in [0.1, 0.15) is 12.6 Å². The van der Waals surface area contributed by atoms with Crippen molar-refractivity contribution in [2.45, 2.75) is 40.3 Å². The van der Waals surface area contributed by atoms with Crippen LogP contribution in [-0.2, 0) is 26.2 Å². The monoisotopic (exact) mass is 527 g/mol. The van der Waals surface area contributed by atoms with Gasteiger partial charge in [-0.3, -0.25) is 13.9 Å². The lowest BCUT2D eigenvalue weighted by molar-refractivity contribution is -0.139. The van der Waals surface area contributed by atoms with Gasteiger partial charge in [-0.1, -0.05) is 55.2 Å². The van der Waals surface area contributed by atoms with E-state index in [2.05, 4.69) is 5.32 Å². The van der Waals surface area contributed by atoms with Crippen molar-refractivity contribution in [2.75, 3.05) is 23.7 Å². The first kappa shape index (κ1) is 28.0. The van der Waals surface area contributed by atoms with E-state index in [1.807, 2.05) is 13.8 Å². The Hall–Kier alpha value is -2.29. The number of nitrogens with zero attached hydrogens (tertiary/aromatic N) is 2. The number of halogens is 2. The molecule has 0 heterocycles. The third kappa shape index (κ3) is 7.89. The summed E-state index contributed by atoms with van der Waals surface area (Å²) in [6.07, 6.45) is 1.02. The number of amides is 2. The SMILES string of the molecule is Cc1ccc(N(CC(=O)N(Cc2cccc(Cl)c2)[C@H](C)C(=O)NCC(C)C)S(C)(=O)=O)cc1Cl. The van der Waals surface area contributed by atoms with E-state index < -0.39 is 28.5 Å². The van der Waals surface area contributed by atoms with Crippen molar-refractivity contribution in [1.29, 1.82) is 0 Å². The van der Waals surface area contributed by atoms with Gasteiger partial charge in [0, 0.05) is 23.1 Å². The Labute approximate surface area is 212 Å². The van der Waals surface area contributed by atoms with Crippen LogP contribution >= 0.6 is 23.2 Å². The minimum Gasteiger partial charge on any atom is -0.354 e. The lowest BCUT2D eigenvalue weighted by Gasteiger charge is -2.31. The number of benzene rings is 2. The molecule has 0 aliphatic carbocycles. The van der Waals surface area contributed by atoms with Crippen LogP contribution in [0.25, 0.3) is 0 Å². The first-order valence-corrected chi connectivity index (χ1v) is 13.5. The molecule has 1 N–H and O–H groups in total. The number of anilines is 1. The van der Waals surface area contributed by atoms with E-state index in [1.54, 1.807) is 50.2 Å². The van der Waals surface area contributed by atoms with Gasteiger partial charge in [0.2, 0.25) is 21.8 Å². The topological polar surface area (TPSA) is 86.8 Å². The van der Waals surface area contributed by atoms with Gasteiger partial charge < -0.3 is 10.2 Å². The third-order valence-corrected chi connectivity index (χ3v) is 7.00. The van der Waals surface area contributed by atoms with Crippen LogP contribution in [0.2, 0.25) is 10.0 Å². The maximum atomic E-state index is 13.5. The summed E-state index contributed by atoms with van der Waals surface area (Å²) in [6.45, 7) is 7.41. The van der Waals surface area contributed by atoms with E-state index in [4.69, 9.17) is 23.2 Å². The summed E-state index contributed by atoms with van der Waals surface area (Å²) in [7, 11) is -3.82. The fourth-order valence-corrected chi connectivity index (χ4v) is 4.45. The molecule has 186 valence electrons. The second-order valence-electron chi connectivity index (χ2n) is 8.67. The van der Waals surface area contributed by atoms with Gasteiger partial charge in [-0.2, -0.15) is 0 Å². The van der Waals surface area contributed by atoms with Gasteiger partial charge in [-0.25, -0.2) is 8.42 Å². The largest absolute Gasteiger partial charge is 0.354 e. The van der Waals surface area contributed by atoms with Crippen molar-refractivity contribution in [3.05, 3.63) is 63.6 Å². The average molecular weight is 529 g/mol. The number of aryl methyl sites for hydroxylation is 1. The maximum absolute atomic E-state index is 13.5. The molecule has 0 saturated carbocycles. The molecule has 0 bridgehead atoms. The second kappa shape index (κ2) is 11.9. The fraction of sp³-hybridized carbons (Fsp3) is 0.417. The number of nitrogens with one attached hydrogen (secondary N) is 1. The number of rotatable bonds is 10. The molecule has 34 heavy (non-hydrogen) atoms. The molecule has 1 atom stereocenters. The third-order valence-electron chi connectivity index (χ3n) is 5.22. The first-order valence-electron chi connectivity index (χ1n) is 10.8. The molecule has 7 nitrogen and oxygen atoms in total. The molecule has 0 spiro atoms. The van der Waals surface area contributed by atoms with Crippen LogP contribution in [0.4, 0.5) is 5.69 Å². The summed E-state index contributed by atoms with van der Waals surface area (Å²) in [5.74, 6) is -0.622. The Morgan fingerprint density at radius 3 is 2.29 bits per heavy atom. The lowest BCUT2D eigenvalue weighted by atomic mass is 10.1. The van der Waals surface area contributed by atoms with E-state index in [0.717, 1.165) is 16.1 Å². The highest BCUT2D eigenvalue weighted by molar-refractivity contribution is 7.92. The highest BCUT2D eigenvalue weighted by Crippen LogP contribution is 2.25. The summed E-state index contributed by atoms with van der Waals surface area (Å²) in [5.41, 5.74) is 1.77. The summed E-state index contributed by atoms with van der Waals surface area (Å²) in [6, 6.07) is 10.9. The van der Waals surface area contributed by atoms with Crippen LogP contribution in [0.3, 0.4) is 0 Å². The Morgan fingerprint density at radius 2 is 1.74 bits per heavy atom. The molecule has 2 aromatic carbocycles. The quantitative estimate of drug-likeness (QED) is 0.500. The first-order chi connectivity index (χ1) is 15.8. The predicted molar refractivity (Wildman–Crippen MR) is 138 cm³/mol. The van der Waals surface area contributed by atoms with Gasteiger partial charge in [0.25, 0.3) is 0 Å². The van der Waals surface area contributed by atoms with Gasteiger partial charge >= 0.3 is 0 Å². The second-order valence-corrected chi connectivity index (χ2v) is 11.4. The smallest absolute Gasteiger partial charge is 0.244 e. The zero-order chi connectivity index (χ0) is 25.6. The summed E-state index contributed by atoms with van der Waals surface area (Å²) >= 11 is 12.3. The van der Waals surface area contributed by atoms with Crippen LogP contribution in [-0.4, -0.2) is 50.5 Å². The van der Waals surface area contributed by atoms with Crippen LogP contribution in [0, 0.1) is 12.8 Å². The molecule has 0 aliphatic heterocycles. The standard InChI is InChI=1S/C24H31Cl2N3O4S/c1-16(2)13-27-24(31)18(4)28(14-19-7-6-8-20(25)11-19)23(30)15-29(34(5,32)33)21-10-9-17(3)22(26)12-21/h6-12,16,18H,13-15H2,1-5H3,(H,27,31)/t18-/m1/s1. The minimum absolute atomic E-state index is 0.0852. The highest BCUT2D eigenvalue weighted by atomic mass is 35.5. The predicted octanol–water partition coefficient (Wildman–Crippen LogP) is 4.26. The number of carbonyl (C=O) groups is 2. The van der Waals surface area contributed by atoms with Crippen molar-refractivity contribution >= 4 is 50.7 Å². The van der Waals surface area contributed by atoms with Gasteiger partial charge in [-0.05, 0) is 55.2 Å². The molecule has 0 fully saturated rings. The molecular formula is C24H31Cl2N3O4S. The van der Waals surface area contributed by atoms with E-state index in [9.17, 15) is 18.0 Å². The van der Waals surface area contributed by atoms with Crippen molar-refractivity contribution in [3.8, 4) is 0 Å². The van der Waals surface area contributed by atoms with Crippen molar-refractivity contribution in [2.24, 2.45) is 5.92 Å². The Balaban J connectivity index is 2.39. The van der Waals surface area contributed by atoms with Crippen LogP contribution in [0.5, 0.6) is 0 Å². The highest BCUT2D eigenvalue weighted by Gasteiger charge is 2.30. The molecule has 0 aromatic heterocycles. The van der Waals surface area contributed by atoms with E-state index in [1.165, 1.54) is 11.0 Å². The van der Waals surface area contributed by atoms with Crippen molar-refractivity contribution in [3.63, 3.8) is 0 Å². The Kier molecular flexibility index (Phi) is 9.79. The normalized spacial score (nSPS) is 12.4. The minimum atomic E-state index is -3.82. The van der Waals surface area contributed by atoms with Crippen molar-refractivity contribution in [1.82, 2.24) is 10.2 Å². The maximum Gasteiger partial charge on any atom is 0.244 e. The van der Waals surface area contributed by atoms with Crippen molar-refractivity contribution < 1.29 is 18.0 Å². The van der Waals surface area contributed by atoms with Crippen LogP contribution in [0.15, 0.2) is 42.5 Å². The Morgan fingerprint density at radius 1 is 1.06 bits per heavy atom. The average Bonchev–Trinajstić information content (AvgIpc) is 2.74. The summed E-state index contributed by atoms with van der Waals surface area (Å²) in [5, 5.41) is 3.71. The molecule has 2 amide bonds. The van der Waals surface area contributed by atoms with E-state index in [0.29, 0.717) is 22.2 Å². The van der Waals surface area contributed by atoms with Gasteiger partial charge in [0.05, 0.1) is 11.9 Å². The van der Waals surface area contributed by atoms with Gasteiger partial charge in [0.15, 0.2) is 0 Å². The fourth-order valence-electron chi connectivity index (χ4n) is 3.22. The zero-order valence-corrected chi connectivity index (χ0v) is 22.3. The number of sulfonamides is 1. The molecule has 0 saturated heterocycles. The molecule has 0 aliphatic rings. The number of carbonyl (C=O) groups excluding carboxylic acids is 2. The molecule has 2 aromatic rings. The van der Waals surface area contributed by atoms with E-state index >= 15 is 0 Å². The molecule has 0 unspecified atom stereocenters. The Bertz CT molecular complexity index is 1140. The summed E-state index contributed by atoms with van der Waals surface area (Å²) in [4.78, 5) is 27.6. The zero-order valence-electron chi connectivity index (χ0n) is 20.0. The molecule has 0 radical (unpaired) electrons. The van der Waals surface area contributed by atoms with Crippen LogP contribution < -0.4 is 9.62 Å². The number of hydrogen-bond donors (Lipinski definition) is 1. The lowest BCUT2D eigenvalue weighted by Crippen LogP contribution is -2.51. The molecule has 2 rings (SSSR count). The molecule has 10 heteroatoms. The van der Waals surface area contributed by atoms with E-state index in [-0.39, 0.29) is 24.1 Å². The molecular weight excluding hydrogens is 497 g/mol. The summed E-state index contributed by atoms with van der Waals surface area (Å²) < 4.78 is 26.2. The van der Waals surface area contributed by atoms with Crippen LogP contribution in [0.1, 0.15) is 31.9 Å². The van der Waals surface area contributed by atoms with Gasteiger partial charge in [-0.15, -0.1) is 0 Å².